The zero-order chi connectivity index (χ0) is 27.6. The molecule has 200 valence electrons. The molecule has 38 heavy (non-hydrogen) atoms. The molecule has 7 N–H and O–H groups in total. The molecule has 1 aliphatic heterocycles. The molecular formula is C26H24O12. The Morgan fingerprint density at radius 3 is 1.92 bits per heavy atom. The van der Waals surface area contributed by atoms with Gasteiger partial charge >= 0.3 is 5.97 Å². The number of ketones is 1. The van der Waals surface area contributed by atoms with Crippen LogP contribution in [0.3, 0.4) is 0 Å². The lowest BCUT2D eigenvalue weighted by Crippen LogP contribution is -2.60. The third-order valence-electron chi connectivity index (χ3n) is 5.82. The smallest absolute Gasteiger partial charge is 0.338 e. The van der Waals surface area contributed by atoms with Gasteiger partial charge in [-0.25, -0.2) is 4.79 Å². The molecular weight excluding hydrogens is 504 g/mol. The first-order valence-corrected chi connectivity index (χ1v) is 11.3. The maximum absolute atomic E-state index is 13.1. The predicted octanol–water partition coefficient (Wildman–Crippen LogP) is 0.783. The minimum atomic E-state index is -1.85. The number of carbonyl (C=O) groups excluding carboxylic acids is 2. The number of hydrogen-bond acceptors (Lipinski definition) is 12. The van der Waals surface area contributed by atoms with Gasteiger partial charge in [-0.2, -0.15) is 0 Å². The van der Waals surface area contributed by atoms with Gasteiger partial charge in [0.25, 0.3) is 0 Å². The molecule has 0 unspecified atom stereocenters. The fraction of sp³-hybridized carbons (Fsp3) is 0.231. The number of aromatic hydroxyl groups is 4. The van der Waals surface area contributed by atoms with Crippen LogP contribution in [0, 0.1) is 0 Å². The average molecular weight is 528 g/mol. The Bertz CT molecular complexity index is 1310. The summed E-state index contributed by atoms with van der Waals surface area (Å²) in [4.78, 5) is 25.4. The molecule has 1 saturated heterocycles. The van der Waals surface area contributed by atoms with Crippen molar-refractivity contribution in [3.05, 3.63) is 77.4 Å². The number of aliphatic hydroxyl groups excluding tert-OH is 3. The second-order valence-electron chi connectivity index (χ2n) is 8.49. The Labute approximate surface area is 215 Å². The molecule has 0 radical (unpaired) electrons. The van der Waals surface area contributed by atoms with Crippen LogP contribution in [-0.4, -0.2) is 84.8 Å². The van der Waals surface area contributed by atoms with Crippen molar-refractivity contribution < 1.29 is 59.5 Å². The topological polar surface area (TPSA) is 203 Å². The standard InChI is InChI=1S/C26H24O12/c27-14-5-1-12(2-6-14)21(31)20-17(30)9-16(29)10-18(20)37-26-24(34)23(33)22(32)19(38-26)11-36-25(35)13-3-7-15(28)8-4-13/h1-10,19,22-24,26-30,32-34H,11H2/t19-,22-,23+,24-,26-/m1/s1. The Morgan fingerprint density at radius 1 is 0.737 bits per heavy atom. The number of phenols is 4. The maximum Gasteiger partial charge on any atom is 0.338 e. The summed E-state index contributed by atoms with van der Waals surface area (Å²) in [5, 5.41) is 70.3. The van der Waals surface area contributed by atoms with E-state index in [0.29, 0.717) is 0 Å². The van der Waals surface area contributed by atoms with Crippen LogP contribution in [0.5, 0.6) is 28.7 Å². The molecule has 0 spiro atoms. The minimum Gasteiger partial charge on any atom is -0.508 e. The van der Waals surface area contributed by atoms with E-state index in [1.54, 1.807) is 0 Å². The van der Waals surface area contributed by atoms with E-state index in [4.69, 9.17) is 14.2 Å². The van der Waals surface area contributed by atoms with Crippen molar-refractivity contribution in [1.29, 1.82) is 0 Å². The monoisotopic (exact) mass is 528 g/mol. The summed E-state index contributed by atoms with van der Waals surface area (Å²) < 4.78 is 16.2. The third kappa shape index (κ3) is 5.63. The van der Waals surface area contributed by atoms with E-state index in [1.807, 2.05) is 0 Å². The highest BCUT2D eigenvalue weighted by Crippen LogP contribution is 2.37. The molecule has 4 rings (SSSR count). The van der Waals surface area contributed by atoms with Gasteiger partial charge in [-0.3, -0.25) is 4.79 Å². The van der Waals surface area contributed by atoms with Crippen molar-refractivity contribution in [1.82, 2.24) is 0 Å². The molecule has 12 nitrogen and oxygen atoms in total. The number of phenolic OH excluding ortho intramolecular Hbond substituents is 4. The number of hydrogen-bond donors (Lipinski definition) is 7. The number of benzene rings is 3. The molecule has 5 atom stereocenters. The molecule has 0 bridgehead atoms. The first-order chi connectivity index (χ1) is 18.0. The third-order valence-corrected chi connectivity index (χ3v) is 5.82. The van der Waals surface area contributed by atoms with E-state index in [1.165, 1.54) is 48.5 Å². The van der Waals surface area contributed by atoms with Gasteiger partial charge in [-0.1, -0.05) is 0 Å². The van der Waals surface area contributed by atoms with Gasteiger partial charge < -0.3 is 50.0 Å². The lowest BCUT2D eigenvalue weighted by molar-refractivity contribution is -0.277. The summed E-state index contributed by atoms with van der Waals surface area (Å²) in [7, 11) is 0. The second kappa shape index (κ2) is 10.9. The van der Waals surface area contributed by atoms with Gasteiger partial charge in [-0.15, -0.1) is 0 Å². The van der Waals surface area contributed by atoms with Crippen LogP contribution in [0.25, 0.3) is 0 Å². The Morgan fingerprint density at radius 2 is 1.32 bits per heavy atom. The molecule has 3 aromatic carbocycles. The highest BCUT2D eigenvalue weighted by Gasteiger charge is 2.46. The first kappa shape index (κ1) is 26.7. The number of aliphatic hydroxyl groups is 3. The van der Waals surface area contributed by atoms with Gasteiger partial charge in [-0.05, 0) is 48.5 Å². The van der Waals surface area contributed by atoms with E-state index in [0.717, 1.165) is 12.1 Å². The van der Waals surface area contributed by atoms with Crippen LogP contribution in [0.15, 0.2) is 60.7 Å². The van der Waals surface area contributed by atoms with Gasteiger partial charge in [0, 0.05) is 17.7 Å². The zero-order valence-electron chi connectivity index (χ0n) is 19.5. The van der Waals surface area contributed by atoms with Crippen LogP contribution >= 0.6 is 0 Å². The van der Waals surface area contributed by atoms with Crippen molar-refractivity contribution in [2.75, 3.05) is 6.61 Å². The second-order valence-corrected chi connectivity index (χ2v) is 8.49. The highest BCUT2D eigenvalue weighted by atomic mass is 16.7. The molecule has 0 saturated carbocycles. The summed E-state index contributed by atoms with van der Waals surface area (Å²) in [6.45, 7) is -0.574. The number of rotatable bonds is 7. The predicted molar refractivity (Wildman–Crippen MR) is 127 cm³/mol. The van der Waals surface area contributed by atoms with Gasteiger partial charge in [0.1, 0.15) is 65.3 Å². The molecule has 12 heteroatoms. The normalized spacial score (nSPS) is 23.0. The number of carbonyl (C=O) groups is 2. The summed E-state index contributed by atoms with van der Waals surface area (Å²) in [6, 6.07) is 12.1. The highest BCUT2D eigenvalue weighted by molar-refractivity contribution is 6.12. The largest absolute Gasteiger partial charge is 0.508 e. The molecule has 1 heterocycles. The molecule has 0 amide bonds. The molecule has 0 aromatic heterocycles. The van der Waals surface area contributed by atoms with Crippen molar-refractivity contribution in [3.63, 3.8) is 0 Å². The summed E-state index contributed by atoms with van der Waals surface area (Å²) in [6.07, 6.45) is -8.50. The van der Waals surface area contributed by atoms with Crippen LogP contribution in [-0.2, 0) is 9.47 Å². The average Bonchev–Trinajstić information content (AvgIpc) is 2.88. The fourth-order valence-electron chi connectivity index (χ4n) is 3.78. The van der Waals surface area contributed by atoms with Crippen LogP contribution in [0.1, 0.15) is 26.3 Å². The zero-order valence-corrected chi connectivity index (χ0v) is 19.5. The van der Waals surface area contributed by atoms with Gasteiger partial charge in [0.05, 0.1) is 5.56 Å². The Hall–Kier alpha value is -4.36. The van der Waals surface area contributed by atoms with Crippen molar-refractivity contribution in [3.8, 4) is 28.7 Å². The lowest BCUT2D eigenvalue weighted by atomic mass is 9.98. The Balaban J connectivity index is 1.55. The van der Waals surface area contributed by atoms with E-state index < -0.39 is 71.9 Å². The minimum absolute atomic E-state index is 0.0493. The molecule has 1 fully saturated rings. The molecule has 3 aromatic rings. The first-order valence-electron chi connectivity index (χ1n) is 11.3. The van der Waals surface area contributed by atoms with E-state index in [-0.39, 0.29) is 22.6 Å². The Kier molecular flexibility index (Phi) is 7.69. The van der Waals surface area contributed by atoms with Gasteiger partial charge in [0.15, 0.2) is 0 Å². The molecule has 0 aliphatic carbocycles. The van der Waals surface area contributed by atoms with Crippen LogP contribution < -0.4 is 4.74 Å². The SMILES string of the molecule is O=C(OC[C@H]1O[C@@H](Oc2cc(O)cc(O)c2C(=O)c2ccc(O)cc2)[C@H](O)[C@@H](O)[C@@H]1O)c1ccc(O)cc1. The number of esters is 1. The van der Waals surface area contributed by atoms with E-state index in [9.17, 15) is 45.3 Å². The fourth-order valence-corrected chi connectivity index (χ4v) is 3.78. The quantitative estimate of drug-likeness (QED) is 0.168. The van der Waals surface area contributed by atoms with Crippen molar-refractivity contribution in [2.45, 2.75) is 30.7 Å². The summed E-state index contributed by atoms with van der Waals surface area (Å²) in [5.74, 6) is -3.33. The summed E-state index contributed by atoms with van der Waals surface area (Å²) >= 11 is 0. The van der Waals surface area contributed by atoms with Crippen LogP contribution in [0.4, 0.5) is 0 Å². The maximum atomic E-state index is 13.1. The number of ether oxygens (including phenoxy) is 3. The lowest BCUT2D eigenvalue weighted by Gasteiger charge is -2.40. The summed E-state index contributed by atoms with van der Waals surface area (Å²) in [5.41, 5.74) is -0.275. The van der Waals surface area contributed by atoms with Crippen molar-refractivity contribution >= 4 is 11.8 Å². The van der Waals surface area contributed by atoms with E-state index >= 15 is 0 Å². The van der Waals surface area contributed by atoms with Gasteiger partial charge in [0.2, 0.25) is 12.1 Å². The van der Waals surface area contributed by atoms with Crippen LogP contribution in [0.2, 0.25) is 0 Å². The molecule has 1 aliphatic rings. The van der Waals surface area contributed by atoms with E-state index in [2.05, 4.69) is 0 Å². The van der Waals surface area contributed by atoms with Crippen molar-refractivity contribution in [2.24, 2.45) is 0 Å².